The monoisotopic (exact) mass is 459 g/mol. The number of nitrogens with zero attached hydrogens (tertiary/aromatic N) is 4. The zero-order chi connectivity index (χ0) is 23.2. The van der Waals surface area contributed by atoms with E-state index in [9.17, 15) is 22.0 Å². The third kappa shape index (κ3) is 4.09. The molecule has 11 heteroatoms. The SMILES string of the molecule is Fc1cccc(-c2nc3c([nH]2)C=NN(Cc2cc(-c4ccc(C(F)(F)F)cc4)no2)C3)c1F. The molecule has 6 nitrogen and oxygen atoms in total. The van der Waals surface area contributed by atoms with Gasteiger partial charge >= 0.3 is 6.18 Å². The van der Waals surface area contributed by atoms with Crippen LogP contribution in [0.3, 0.4) is 0 Å². The molecule has 168 valence electrons. The quantitative estimate of drug-likeness (QED) is 0.416. The van der Waals surface area contributed by atoms with E-state index in [0.717, 1.165) is 18.2 Å². The molecule has 0 unspecified atom stereocenters. The maximum atomic E-state index is 14.1. The minimum absolute atomic E-state index is 0.0146. The normalized spacial score (nSPS) is 13.4. The third-order valence-corrected chi connectivity index (χ3v) is 5.11. The van der Waals surface area contributed by atoms with Crippen LogP contribution in [0.4, 0.5) is 22.0 Å². The lowest BCUT2D eigenvalue weighted by atomic mass is 10.1. The Morgan fingerprint density at radius 3 is 2.61 bits per heavy atom. The number of H-pyrrole nitrogens is 1. The molecule has 2 aromatic heterocycles. The van der Waals surface area contributed by atoms with Crippen LogP contribution in [0.25, 0.3) is 22.6 Å². The number of aromatic amines is 1. The molecule has 0 spiro atoms. The first kappa shape index (κ1) is 20.9. The van der Waals surface area contributed by atoms with E-state index in [4.69, 9.17) is 4.52 Å². The van der Waals surface area contributed by atoms with E-state index in [1.807, 2.05) is 0 Å². The lowest BCUT2D eigenvalue weighted by Gasteiger charge is -2.19. The molecule has 0 atom stereocenters. The van der Waals surface area contributed by atoms with Gasteiger partial charge in [0.1, 0.15) is 11.5 Å². The van der Waals surface area contributed by atoms with Gasteiger partial charge in [-0.1, -0.05) is 23.4 Å². The Bertz CT molecular complexity index is 1340. The number of fused-ring (bicyclic) bond motifs is 1. The summed E-state index contributed by atoms with van der Waals surface area (Å²) in [4.78, 5) is 7.30. The van der Waals surface area contributed by atoms with Crippen molar-refractivity contribution in [3.8, 4) is 22.6 Å². The fourth-order valence-corrected chi connectivity index (χ4v) is 3.45. The number of alkyl halides is 3. The lowest BCUT2D eigenvalue weighted by Crippen LogP contribution is -2.21. The van der Waals surface area contributed by atoms with E-state index in [1.54, 1.807) is 11.1 Å². The number of hydrogen-bond donors (Lipinski definition) is 1. The molecule has 33 heavy (non-hydrogen) atoms. The molecule has 0 amide bonds. The second kappa shape index (κ2) is 7.84. The zero-order valence-corrected chi connectivity index (χ0v) is 16.7. The highest BCUT2D eigenvalue weighted by Crippen LogP contribution is 2.31. The summed E-state index contributed by atoms with van der Waals surface area (Å²) in [6.45, 7) is 0.496. The molecule has 4 aromatic rings. The second-order valence-electron chi connectivity index (χ2n) is 7.37. The van der Waals surface area contributed by atoms with Crippen molar-refractivity contribution in [2.24, 2.45) is 5.10 Å². The number of benzene rings is 2. The van der Waals surface area contributed by atoms with Crippen LogP contribution in [0.2, 0.25) is 0 Å². The Kier molecular flexibility index (Phi) is 4.95. The predicted molar refractivity (Wildman–Crippen MR) is 108 cm³/mol. The number of hydrazone groups is 1. The summed E-state index contributed by atoms with van der Waals surface area (Å²) in [5.74, 6) is -1.33. The predicted octanol–water partition coefficient (Wildman–Crippen LogP) is 5.38. The first-order chi connectivity index (χ1) is 15.8. The van der Waals surface area contributed by atoms with Gasteiger partial charge in [0.2, 0.25) is 0 Å². The van der Waals surface area contributed by atoms with Crippen LogP contribution in [-0.2, 0) is 19.3 Å². The Hall–Kier alpha value is -4.02. The zero-order valence-electron chi connectivity index (χ0n) is 16.7. The van der Waals surface area contributed by atoms with Crippen molar-refractivity contribution >= 4 is 6.21 Å². The fourth-order valence-electron chi connectivity index (χ4n) is 3.45. The van der Waals surface area contributed by atoms with Crippen molar-refractivity contribution < 1.29 is 26.5 Å². The van der Waals surface area contributed by atoms with E-state index in [0.29, 0.717) is 28.4 Å². The third-order valence-electron chi connectivity index (χ3n) is 5.11. The number of nitrogens with one attached hydrogen (secondary N) is 1. The van der Waals surface area contributed by atoms with Gasteiger partial charge in [-0.3, -0.25) is 5.01 Å². The van der Waals surface area contributed by atoms with Gasteiger partial charge in [0, 0.05) is 11.6 Å². The van der Waals surface area contributed by atoms with Gasteiger partial charge in [-0.2, -0.15) is 18.3 Å². The Morgan fingerprint density at radius 2 is 1.85 bits per heavy atom. The van der Waals surface area contributed by atoms with Crippen LogP contribution in [0.15, 0.2) is 58.2 Å². The van der Waals surface area contributed by atoms with Crippen molar-refractivity contribution in [2.75, 3.05) is 0 Å². The molecule has 5 rings (SSSR count). The Balaban J connectivity index is 1.30. The Morgan fingerprint density at radius 1 is 1.06 bits per heavy atom. The highest BCUT2D eigenvalue weighted by atomic mass is 19.4. The van der Waals surface area contributed by atoms with Crippen molar-refractivity contribution in [3.63, 3.8) is 0 Å². The first-order valence-electron chi connectivity index (χ1n) is 9.73. The van der Waals surface area contributed by atoms with E-state index >= 15 is 0 Å². The number of halogens is 5. The topological polar surface area (TPSA) is 70.3 Å². The fraction of sp³-hybridized carbons (Fsp3) is 0.136. The first-order valence-corrected chi connectivity index (χ1v) is 9.73. The van der Waals surface area contributed by atoms with Gasteiger partial charge in [-0.05, 0) is 24.3 Å². The second-order valence-corrected chi connectivity index (χ2v) is 7.37. The highest BCUT2D eigenvalue weighted by Gasteiger charge is 2.30. The van der Waals surface area contributed by atoms with E-state index in [1.165, 1.54) is 30.5 Å². The number of rotatable bonds is 4. The molecule has 3 heterocycles. The molecule has 0 saturated carbocycles. The smallest absolute Gasteiger partial charge is 0.359 e. The average Bonchev–Trinajstić information content (AvgIpc) is 3.42. The van der Waals surface area contributed by atoms with E-state index in [-0.39, 0.29) is 24.5 Å². The molecule has 0 radical (unpaired) electrons. The van der Waals surface area contributed by atoms with Crippen molar-refractivity contribution in [1.82, 2.24) is 20.1 Å². The van der Waals surface area contributed by atoms with Crippen molar-refractivity contribution in [1.29, 1.82) is 0 Å². The molecule has 0 aliphatic carbocycles. The van der Waals surface area contributed by atoms with Crippen LogP contribution in [0.1, 0.15) is 22.7 Å². The lowest BCUT2D eigenvalue weighted by molar-refractivity contribution is -0.137. The summed E-state index contributed by atoms with van der Waals surface area (Å²) in [6.07, 6.45) is -2.90. The minimum Gasteiger partial charge on any atom is -0.359 e. The maximum absolute atomic E-state index is 14.1. The summed E-state index contributed by atoms with van der Waals surface area (Å²) in [6, 6.07) is 10.1. The van der Waals surface area contributed by atoms with Gasteiger partial charge in [-0.15, -0.1) is 0 Å². The number of hydrogen-bond acceptors (Lipinski definition) is 5. The van der Waals surface area contributed by atoms with Gasteiger partial charge < -0.3 is 9.51 Å². The number of aromatic nitrogens is 3. The van der Waals surface area contributed by atoms with Gasteiger partial charge in [0.05, 0.1) is 41.8 Å². The van der Waals surface area contributed by atoms with Crippen LogP contribution in [0, 0.1) is 11.6 Å². The molecule has 1 N–H and O–H groups in total. The van der Waals surface area contributed by atoms with Gasteiger partial charge in [0.15, 0.2) is 17.4 Å². The Labute approximate surface area is 183 Å². The summed E-state index contributed by atoms with van der Waals surface area (Å²) in [5.41, 5.74) is 1.31. The molecule has 0 fully saturated rings. The molecule has 0 bridgehead atoms. The van der Waals surface area contributed by atoms with Crippen LogP contribution in [0.5, 0.6) is 0 Å². The largest absolute Gasteiger partial charge is 0.416 e. The molecular weight excluding hydrogens is 445 g/mol. The van der Waals surface area contributed by atoms with Gasteiger partial charge in [-0.25, -0.2) is 13.8 Å². The van der Waals surface area contributed by atoms with Crippen molar-refractivity contribution in [3.05, 3.63) is 82.9 Å². The molecule has 1 aliphatic heterocycles. The minimum atomic E-state index is -4.41. The summed E-state index contributed by atoms with van der Waals surface area (Å²) in [7, 11) is 0. The highest BCUT2D eigenvalue weighted by molar-refractivity contribution is 5.80. The maximum Gasteiger partial charge on any atom is 0.416 e. The van der Waals surface area contributed by atoms with Gasteiger partial charge in [0.25, 0.3) is 0 Å². The summed E-state index contributed by atoms with van der Waals surface area (Å²) in [5, 5.41) is 9.84. The summed E-state index contributed by atoms with van der Waals surface area (Å²) >= 11 is 0. The molecule has 0 saturated heterocycles. The number of imidazole rings is 1. The van der Waals surface area contributed by atoms with Crippen molar-refractivity contribution in [2.45, 2.75) is 19.3 Å². The van der Waals surface area contributed by atoms with Crippen LogP contribution in [-0.4, -0.2) is 26.3 Å². The van der Waals surface area contributed by atoms with E-state index in [2.05, 4.69) is 20.2 Å². The van der Waals surface area contributed by atoms with Crippen LogP contribution >= 0.6 is 0 Å². The molecule has 2 aromatic carbocycles. The molecule has 1 aliphatic rings. The van der Waals surface area contributed by atoms with Crippen LogP contribution < -0.4 is 0 Å². The average molecular weight is 459 g/mol. The standard InChI is InChI=1S/C22H14F5N5O/c23-16-3-1-2-15(20(16)24)21-29-18-9-28-32(11-19(18)30-21)10-14-8-17(31-33-14)12-4-6-13(7-5-12)22(25,26)27/h1-9H,10-11H2,(H,29,30). The molecular formula is C22H14F5N5O. The van der Waals surface area contributed by atoms with E-state index < -0.39 is 23.4 Å². The summed E-state index contributed by atoms with van der Waals surface area (Å²) < 4.78 is 71.1.